The smallest absolute Gasteiger partial charge is 0.244 e. The van der Waals surface area contributed by atoms with Gasteiger partial charge in [-0.1, -0.05) is 28.9 Å². The van der Waals surface area contributed by atoms with E-state index in [0.717, 1.165) is 10.4 Å². The van der Waals surface area contributed by atoms with E-state index >= 15 is 0 Å². The van der Waals surface area contributed by atoms with Crippen LogP contribution in [-0.4, -0.2) is 39.9 Å². The fourth-order valence-electron chi connectivity index (χ4n) is 2.88. The number of thiophene rings is 1. The Kier molecular flexibility index (Phi) is 7.59. The van der Waals surface area contributed by atoms with Crippen molar-refractivity contribution < 1.29 is 14.1 Å². The number of aryl methyl sites for hydroxylation is 2. The topological polar surface area (TPSA) is 88.3 Å². The van der Waals surface area contributed by atoms with E-state index in [-0.39, 0.29) is 18.4 Å². The van der Waals surface area contributed by atoms with Gasteiger partial charge in [0.1, 0.15) is 0 Å². The number of nitrogens with zero attached hydrogens (tertiary/aromatic N) is 3. The third kappa shape index (κ3) is 5.90. The lowest BCUT2D eigenvalue weighted by atomic mass is 10.2. The van der Waals surface area contributed by atoms with Gasteiger partial charge in [0.2, 0.25) is 23.5 Å². The van der Waals surface area contributed by atoms with E-state index in [1.165, 1.54) is 4.90 Å². The van der Waals surface area contributed by atoms with Crippen LogP contribution >= 0.6 is 22.9 Å². The van der Waals surface area contributed by atoms with E-state index in [0.29, 0.717) is 48.2 Å². The molecule has 0 atom stereocenters. The third-order valence-corrected chi connectivity index (χ3v) is 5.63. The molecule has 0 saturated carbocycles. The van der Waals surface area contributed by atoms with Crippen LogP contribution in [0.15, 0.2) is 40.2 Å². The largest absolute Gasteiger partial charge is 0.339 e. The Morgan fingerprint density at radius 1 is 1.30 bits per heavy atom. The fraction of sp³-hybridized carbons (Fsp3) is 0.333. The minimum atomic E-state index is -0.256. The third-order valence-electron chi connectivity index (χ3n) is 4.53. The maximum absolute atomic E-state index is 12.5. The van der Waals surface area contributed by atoms with Crippen molar-refractivity contribution >= 4 is 40.4 Å². The van der Waals surface area contributed by atoms with Gasteiger partial charge in [-0.2, -0.15) is 4.98 Å². The van der Waals surface area contributed by atoms with E-state index in [4.69, 9.17) is 16.1 Å². The Morgan fingerprint density at radius 2 is 2.13 bits per heavy atom. The van der Waals surface area contributed by atoms with Crippen LogP contribution in [0.25, 0.3) is 10.7 Å². The molecular weight excluding hydrogens is 424 g/mol. The van der Waals surface area contributed by atoms with Crippen LogP contribution in [-0.2, 0) is 16.0 Å². The molecule has 158 valence electrons. The van der Waals surface area contributed by atoms with Gasteiger partial charge in [0.25, 0.3) is 0 Å². The van der Waals surface area contributed by atoms with Crippen molar-refractivity contribution in [3.05, 3.63) is 52.2 Å². The van der Waals surface area contributed by atoms with Gasteiger partial charge in [-0.05, 0) is 49.4 Å². The molecule has 3 rings (SSSR count). The lowest BCUT2D eigenvalue weighted by Crippen LogP contribution is -2.37. The number of benzene rings is 1. The van der Waals surface area contributed by atoms with E-state index in [2.05, 4.69) is 15.5 Å². The molecule has 0 spiro atoms. The van der Waals surface area contributed by atoms with Gasteiger partial charge in [-0.25, -0.2) is 0 Å². The van der Waals surface area contributed by atoms with Crippen molar-refractivity contribution in [1.29, 1.82) is 0 Å². The number of hydrogen-bond donors (Lipinski definition) is 1. The first-order valence-corrected chi connectivity index (χ1v) is 10.9. The Hall–Kier alpha value is -2.71. The highest BCUT2D eigenvalue weighted by Gasteiger charge is 2.17. The normalized spacial score (nSPS) is 10.8. The lowest BCUT2D eigenvalue weighted by molar-refractivity contribution is -0.134. The molecule has 3 aromatic rings. The summed E-state index contributed by atoms with van der Waals surface area (Å²) < 4.78 is 5.25. The number of hydrogen-bond acceptors (Lipinski definition) is 6. The Labute approximate surface area is 184 Å². The van der Waals surface area contributed by atoms with Crippen LogP contribution in [0.3, 0.4) is 0 Å². The number of amides is 2. The van der Waals surface area contributed by atoms with Crippen LogP contribution < -0.4 is 5.32 Å². The number of anilines is 1. The highest BCUT2D eigenvalue weighted by Crippen LogP contribution is 2.22. The monoisotopic (exact) mass is 446 g/mol. The number of carbonyl (C=O) groups excluding carboxylic acids is 2. The molecule has 2 aromatic heterocycles. The molecule has 9 heteroatoms. The molecule has 0 aliphatic rings. The van der Waals surface area contributed by atoms with E-state index in [1.807, 2.05) is 37.4 Å². The average molecular weight is 447 g/mol. The molecule has 2 amide bonds. The molecule has 0 bridgehead atoms. The lowest BCUT2D eigenvalue weighted by Gasteiger charge is -2.20. The summed E-state index contributed by atoms with van der Waals surface area (Å²) in [6, 6.07) is 9.15. The number of halogens is 1. The molecule has 1 N–H and O–H groups in total. The molecule has 0 unspecified atom stereocenters. The first kappa shape index (κ1) is 22.0. The average Bonchev–Trinajstić information content (AvgIpc) is 3.40. The second-order valence-electron chi connectivity index (χ2n) is 6.76. The van der Waals surface area contributed by atoms with Crippen LogP contribution in [0.5, 0.6) is 0 Å². The minimum absolute atomic E-state index is 0.00955. The maximum atomic E-state index is 12.5. The standard InChI is InChI=1S/C21H23ClN4O3S/c1-3-26(13-18(27)23-16-12-15(22)10-9-14(16)2)20(28)8-4-7-19-24-21(25-29-19)17-6-5-11-30-17/h5-6,9-12H,3-4,7-8,13H2,1-2H3,(H,23,27). The quantitative estimate of drug-likeness (QED) is 0.520. The van der Waals surface area contributed by atoms with Gasteiger partial charge in [0, 0.05) is 30.1 Å². The van der Waals surface area contributed by atoms with Crippen LogP contribution in [0.4, 0.5) is 5.69 Å². The predicted molar refractivity (Wildman–Crippen MR) is 118 cm³/mol. The summed E-state index contributed by atoms with van der Waals surface area (Å²) in [6.07, 6.45) is 1.38. The summed E-state index contributed by atoms with van der Waals surface area (Å²) in [5.41, 5.74) is 1.55. The van der Waals surface area contributed by atoms with Crippen molar-refractivity contribution in [3.8, 4) is 10.7 Å². The van der Waals surface area contributed by atoms with Crippen molar-refractivity contribution in [3.63, 3.8) is 0 Å². The van der Waals surface area contributed by atoms with Gasteiger partial charge in [-0.3, -0.25) is 9.59 Å². The first-order chi connectivity index (χ1) is 14.5. The first-order valence-electron chi connectivity index (χ1n) is 9.66. The molecule has 0 aliphatic heterocycles. The SMILES string of the molecule is CCN(CC(=O)Nc1cc(Cl)ccc1C)C(=O)CCCc1nc(-c2cccs2)no1. The second-order valence-corrected chi connectivity index (χ2v) is 8.14. The number of likely N-dealkylation sites (N-methyl/N-ethyl adjacent to an activating group) is 1. The summed E-state index contributed by atoms with van der Waals surface area (Å²) >= 11 is 7.53. The highest BCUT2D eigenvalue weighted by atomic mass is 35.5. The Balaban J connectivity index is 1.47. The van der Waals surface area contributed by atoms with Crippen LogP contribution in [0.1, 0.15) is 31.2 Å². The maximum Gasteiger partial charge on any atom is 0.244 e. The number of aromatic nitrogens is 2. The summed E-state index contributed by atoms with van der Waals surface area (Å²) in [7, 11) is 0. The molecular formula is C21H23ClN4O3S. The molecule has 0 fully saturated rings. The van der Waals surface area contributed by atoms with Gasteiger partial charge in [-0.15, -0.1) is 11.3 Å². The predicted octanol–water partition coefficient (Wildman–Crippen LogP) is 4.57. The highest BCUT2D eigenvalue weighted by molar-refractivity contribution is 7.13. The van der Waals surface area contributed by atoms with Gasteiger partial charge in [0.05, 0.1) is 11.4 Å². The van der Waals surface area contributed by atoms with E-state index in [1.54, 1.807) is 23.5 Å². The van der Waals surface area contributed by atoms with Crippen LogP contribution in [0, 0.1) is 6.92 Å². The summed E-state index contributed by atoms with van der Waals surface area (Å²) in [5.74, 6) is 0.722. The molecule has 2 heterocycles. The number of carbonyl (C=O) groups is 2. The molecule has 1 aromatic carbocycles. The van der Waals surface area contributed by atoms with Crippen molar-refractivity contribution in [2.24, 2.45) is 0 Å². The molecule has 0 aliphatic carbocycles. The molecule has 0 saturated heterocycles. The summed E-state index contributed by atoms with van der Waals surface area (Å²) in [6.45, 7) is 4.17. The van der Waals surface area contributed by atoms with Crippen molar-refractivity contribution in [2.75, 3.05) is 18.4 Å². The minimum Gasteiger partial charge on any atom is -0.339 e. The zero-order chi connectivity index (χ0) is 21.5. The van der Waals surface area contributed by atoms with Gasteiger partial charge in [0.15, 0.2) is 0 Å². The number of nitrogens with one attached hydrogen (secondary N) is 1. The van der Waals surface area contributed by atoms with Crippen molar-refractivity contribution in [2.45, 2.75) is 33.1 Å². The second kappa shape index (κ2) is 10.4. The molecule has 7 nitrogen and oxygen atoms in total. The Morgan fingerprint density at radius 3 is 2.87 bits per heavy atom. The summed E-state index contributed by atoms with van der Waals surface area (Å²) in [4.78, 5) is 31.7. The fourth-order valence-corrected chi connectivity index (χ4v) is 3.70. The Bertz CT molecular complexity index is 1000. The zero-order valence-corrected chi connectivity index (χ0v) is 18.4. The van der Waals surface area contributed by atoms with E-state index < -0.39 is 0 Å². The van der Waals surface area contributed by atoms with Crippen LogP contribution in [0.2, 0.25) is 5.02 Å². The van der Waals surface area contributed by atoms with Crippen molar-refractivity contribution in [1.82, 2.24) is 15.0 Å². The molecule has 0 radical (unpaired) electrons. The van der Waals surface area contributed by atoms with Gasteiger partial charge >= 0.3 is 0 Å². The van der Waals surface area contributed by atoms with Gasteiger partial charge < -0.3 is 14.7 Å². The summed E-state index contributed by atoms with van der Waals surface area (Å²) in [5, 5.41) is 9.28. The zero-order valence-electron chi connectivity index (χ0n) is 16.9. The number of rotatable bonds is 9. The molecule has 30 heavy (non-hydrogen) atoms. The van der Waals surface area contributed by atoms with E-state index in [9.17, 15) is 9.59 Å².